The van der Waals surface area contributed by atoms with Gasteiger partial charge in [-0.1, -0.05) is 119 Å². The molecular formula is C40H62O2. The van der Waals surface area contributed by atoms with Crippen molar-refractivity contribution in [1.82, 2.24) is 0 Å². The molecule has 0 aromatic rings. The van der Waals surface area contributed by atoms with Gasteiger partial charge in [-0.05, 0) is 121 Å². The van der Waals surface area contributed by atoms with Crippen molar-refractivity contribution >= 4 is 0 Å². The predicted octanol–water partition coefficient (Wildman–Crippen LogP) is 11.6. The first kappa shape index (κ1) is 39.3. The highest BCUT2D eigenvalue weighted by Gasteiger charge is 2.11. The molecule has 0 atom stereocenters. The van der Waals surface area contributed by atoms with E-state index in [0.29, 0.717) is 0 Å². The van der Waals surface area contributed by atoms with E-state index in [1.165, 1.54) is 33.4 Å². The zero-order valence-electron chi connectivity index (χ0n) is 28.6. The van der Waals surface area contributed by atoms with E-state index >= 15 is 0 Å². The van der Waals surface area contributed by atoms with Crippen LogP contribution in [0.2, 0.25) is 0 Å². The lowest BCUT2D eigenvalue weighted by atomic mass is 9.99. The van der Waals surface area contributed by atoms with Crippen LogP contribution >= 0.6 is 0 Å². The third kappa shape index (κ3) is 27.5. The monoisotopic (exact) mass is 574 g/mol. The number of rotatable bonds is 19. The van der Waals surface area contributed by atoms with Gasteiger partial charge < -0.3 is 10.2 Å². The summed E-state index contributed by atoms with van der Waals surface area (Å²) >= 11 is 0. The second kappa shape index (κ2) is 21.9. The number of hydrogen-bond acceptors (Lipinski definition) is 2. The number of allylic oxidation sites excluding steroid dienone is 20. The Morgan fingerprint density at radius 2 is 0.833 bits per heavy atom. The second-order valence-electron chi connectivity index (χ2n) is 13.1. The Balaban J connectivity index is 4.57. The summed E-state index contributed by atoms with van der Waals surface area (Å²) in [7, 11) is 0. The molecule has 0 aromatic heterocycles. The summed E-state index contributed by atoms with van der Waals surface area (Å²) < 4.78 is 0. The van der Waals surface area contributed by atoms with Crippen LogP contribution in [0.1, 0.15) is 121 Å². The van der Waals surface area contributed by atoms with Crippen LogP contribution in [-0.2, 0) is 0 Å². The quantitative estimate of drug-likeness (QED) is 0.119. The molecule has 0 saturated carbocycles. The van der Waals surface area contributed by atoms with Gasteiger partial charge in [0.2, 0.25) is 0 Å². The average molecular weight is 575 g/mol. The first-order valence-corrected chi connectivity index (χ1v) is 15.7. The third-order valence-electron chi connectivity index (χ3n) is 6.78. The van der Waals surface area contributed by atoms with Crippen LogP contribution in [0.4, 0.5) is 0 Å². The molecule has 0 amide bonds. The van der Waals surface area contributed by atoms with Crippen molar-refractivity contribution in [3.05, 3.63) is 119 Å². The molecule has 0 aliphatic heterocycles. The van der Waals surface area contributed by atoms with Gasteiger partial charge in [-0.25, -0.2) is 0 Å². The van der Waals surface area contributed by atoms with Crippen LogP contribution in [0, 0.1) is 0 Å². The maximum absolute atomic E-state index is 9.83. The van der Waals surface area contributed by atoms with Gasteiger partial charge in [0.15, 0.2) is 0 Å². The first-order chi connectivity index (χ1) is 19.6. The van der Waals surface area contributed by atoms with Crippen molar-refractivity contribution in [1.29, 1.82) is 0 Å². The summed E-state index contributed by atoms with van der Waals surface area (Å²) in [5.74, 6) is 0. The lowest BCUT2D eigenvalue weighted by Crippen LogP contribution is -2.17. The summed E-state index contributed by atoms with van der Waals surface area (Å²) in [6.07, 6.45) is 37.9. The summed E-state index contributed by atoms with van der Waals surface area (Å²) in [5.41, 5.74) is 6.61. The van der Waals surface area contributed by atoms with E-state index in [9.17, 15) is 10.2 Å². The second-order valence-corrected chi connectivity index (χ2v) is 13.1. The molecule has 0 aliphatic rings. The van der Waals surface area contributed by atoms with Crippen LogP contribution in [0.15, 0.2) is 119 Å². The van der Waals surface area contributed by atoms with E-state index < -0.39 is 11.2 Å². The summed E-state index contributed by atoms with van der Waals surface area (Å²) in [4.78, 5) is 0. The molecule has 2 nitrogen and oxygen atoms in total. The molecule has 2 N–H and O–H groups in total. The molecule has 0 aromatic carbocycles. The summed E-state index contributed by atoms with van der Waals surface area (Å²) in [5, 5.41) is 19.6. The van der Waals surface area contributed by atoms with Crippen molar-refractivity contribution < 1.29 is 10.2 Å². The molecule has 2 heteroatoms. The van der Waals surface area contributed by atoms with E-state index in [4.69, 9.17) is 0 Å². The molecule has 0 unspecified atom stereocenters. The highest BCUT2D eigenvalue weighted by atomic mass is 16.3. The lowest BCUT2D eigenvalue weighted by molar-refractivity contribution is 0.0683. The Morgan fingerprint density at radius 1 is 0.476 bits per heavy atom. The van der Waals surface area contributed by atoms with Gasteiger partial charge in [0.25, 0.3) is 0 Å². The van der Waals surface area contributed by atoms with Gasteiger partial charge in [-0.3, -0.25) is 0 Å². The van der Waals surface area contributed by atoms with Crippen LogP contribution in [0.3, 0.4) is 0 Å². The smallest absolute Gasteiger partial charge is 0.0591 e. The minimum Gasteiger partial charge on any atom is -0.390 e. The highest BCUT2D eigenvalue weighted by Crippen LogP contribution is 2.17. The van der Waals surface area contributed by atoms with Gasteiger partial charge >= 0.3 is 0 Å². The molecule has 0 aliphatic carbocycles. The number of hydrogen-bond donors (Lipinski definition) is 2. The topological polar surface area (TPSA) is 40.5 Å². The Labute approximate surface area is 260 Å². The lowest BCUT2D eigenvalue weighted by Gasteiger charge is -2.16. The Bertz CT molecular complexity index is 1080. The molecule has 0 radical (unpaired) electrons. The summed E-state index contributed by atoms with van der Waals surface area (Å²) in [6, 6.07) is 0. The molecule has 234 valence electrons. The number of aliphatic hydroxyl groups is 2. The van der Waals surface area contributed by atoms with E-state index in [1.807, 2.05) is 27.7 Å². The zero-order chi connectivity index (χ0) is 32.0. The molecule has 0 saturated heterocycles. The van der Waals surface area contributed by atoms with E-state index in [1.54, 1.807) is 0 Å². The largest absolute Gasteiger partial charge is 0.390 e. The van der Waals surface area contributed by atoms with Gasteiger partial charge in [0.1, 0.15) is 0 Å². The van der Waals surface area contributed by atoms with Crippen LogP contribution < -0.4 is 0 Å². The molecule has 42 heavy (non-hydrogen) atoms. The van der Waals surface area contributed by atoms with Crippen LogP contribution in [0.25, 0.3) is 0 Å². The van der Waals surface area contributed by atoms with Crippen molar-refractivity contribution in [3.8, 4) is 0 Å². The van der Waals surface area contributed by atoms with Crippen molar-refractivity contribution in [3.63, 3.8) is 0 Å². The van der Waals surface area contributed by atoms with Crippen LogP contribution in [0.5, 0.6) is 0 Å². The maximum atomic E-state index is 9.83. The maximum Gasteiger partial charge on any atom is 0.0591 e. The normalized spacial score (nSPS) is 15.9. The minimum absolute atomic E-state index is 0.561. The standard InChI is InChI=1S/C40H62O2/c1-33(21-13-23-35(3)25-15-27-37(5)29-17-31-39(7,8)41)19-11-12-20-34(2)22-14-24-36(4)26-16-28-38(6)30-18-32-40(9,10)42/h11-15,19-25,27-28,41-42H,16-18,26,29-32H2,1-10H3. The zero-order valence-corrected chi connectivity index (χ0v) is 28.6. The Hall–Kier alpha value is -2.68. The van der Waals surface area contributed by atoms with E-state index in [2.05, 4.69) is 127 Å². The fraction of sp³-hybridized carbons (Fsp3) is 0.500. The minimum atomic E-state index is -0.577. The average Bonchev–Trinajstić information content (AvgIpc) is 2.85. The van der Waals surface area contributed by atoms with Crippen molar-refractivity contribution in [2.45, 2.75) is 132 Å². The molecule has 0 rings (SSSR count). The fourth-order valence-electron chi connectivity index (χ4n) is 4.08. The fourth-order valence-corrected chi connectivity index (χ4v) is 4.08. The van der Waals surface area contributed by atoms with Gasteiger partial charge in [-0.15, -0.1) is 0 Å². The van der Waals surface area contributed by atoms with Gasteiger partial charge in [0.05, 0.1) is 11.2 Å². The van der Waals surface area contributed by atoms with Crippen LogP contribution in [-0.4, -0.2) is 21.4 Å². The molecule has 0 bridgehead atoms. The van der Waals surface area contributed by atoms with Crippen molar-refractivity contribution in [2.24, 2.45) is 0 Å². The Kier molecular flexibility index (Phi) is 20.5. The Morgan fingerprint density at radius 3 is 1.26 bits per heavy atom. The van der Waals surface area contributed by atoms with E-state index in [-0.39, 0.29) is 0 Å². The van der Waals surface area contributed by atoms with E-state index in [0.717, 1.165) is 51.4 Å². The SMILES string of the molecule is CC(C=CC=C(C)C=CC=C(C)CCCC(C)(C)O)=CC=CC=C(C)C=CC=C(C)CCC=C(C)CCCC(C)(C)O. The molecule has 0 spiro atoms. The molecule has 0 fully saturated rings. The first-order valence-electron chi connectivity index (χ1n) is 15.7. The molecular weight excluding hydrogens is 512 g/mol. The highest BCUT2D eigenvalue weighted by molar-refractivity contribution is 5.31. The third-order valence-corrected chi connectivity index (χ3v) is 6.78. The predicted molar refractivity (Wildman–Crippen MR) is 189 cm³/mol. The van der Waals surface area contributed by atoms with Crippen molar-refractivity contribution in [2.75, 3.05) is 0 Å². The van der Waals surface area contributed by atoms with Gasteiger partial charge in [-0.2, -0.15) is 0 Å². The van der Waals surface area contributed by atoms with Gasteiger partial charge in [0, 0.05) is 0 Å². The summed E-state index contributed by atoms with van der Waals surface area (Å²) in [6.45, 7) is 20.4. The molecule has 0 heterocycles.